The molecule has 3 aromatic rings. The number of aromatic nitrogens is 3. The Morgan fingerprint density at radius 3 is 2.87 bits per heavy atom. The Balaban J connectivity index is 1.64. The molecule has 0 atom stereocenters. The number of hydrogen-bond acceptors (Lipinski definition) is 7. The van der Waals surface area contributed by atoms with E-state index in [9.17, 15) is 9.59 Å². The average Bonchev–Trinajstić information content (AvgIpc) is 3.18. The molecule has 0 aromatic carbocycles. The number of amides is 2. The highest BCUT2D eigenvalue weighted by atomic mass is 32.1. The van der Waals surface area contributed by atoms with Crippen LogP contribution in [0.4, 0.5) is 5.13 Å². The Kier molecular flexibility index (Phi) is 4.40. The van der Waals surface area contributed by atoms with Gasteiger partial charge in [0.25, 0.3) is 5.91 Å². The van der Waals surface area contributed by atoms with E-state index in [0.717, 1.165) is 21.9 Å². The maximum absolute atomic E-state index is 12.0. The van der Waals surface area contributed by atoms with E-state index < -0.39 is 5.91 Å². The van der Waals surface area contributed by atoms with Crippen molar-refractivity contribution in [2.75, 3.05) is 5.32 Å². The van der Waals surface area contributed by atoms with Gasteiger partial charge in [-0.05, 0) is 12.1 Å². The molecule has 3 heterocycles. The Bertz CT molecular complexity index is 844. The molecule has 0 unspecified atom stereocenters. The minimum absolute atomic E-state index is 0.127. The van der Waals surface area contributed by atoms with E-state index in [1.165, 1.54) is 17.5 Å². The third kappa shape index (κ3) is 3.76. The van der Waals surface area contributed by atoms with E-state index in [2.05, 4.69) is 20.3 Å². The molecule has 0 bridgehead atoms. The summed E-state index contributed by atoms with van der Waals surface area (Å²) in [6, 6.07) is 3.75. The molecule has 0 aliphatic heterocycles. The molecule has 3 rings (SSSR count). The minimum atomic E-state index is -0.566. The van der Waals surface area contributed by atoms with Gasteiger partial charge < -0.3 is 11.1 Å². The quantitative estimate of drug-likeness (QED) is 0.734. The molecule has 0 spiro atoms. The Morgan fingerprint density at radius 1 is 1.30 bits per heavy atom. The van der Waals surface area contributed by atoms with Crippen LogP contribution in [-0.2, 0) is 11.2 Å². The third-order valence-electron chi connectivity index (χ3n) is 2.80. The Labute approximate surface area is 139 Å². The van der Waals surface area contributed by atoms with Crippen LogP contribution in [0, 0.1) is 0 Å². The van der Waals surface area contributed by atoms with Gasteiger partial charge in [0, 0.05) is 23.3 Å². The lowest BCUT2D eigenvalue weighted by atomic mass is 10.3. The standard InChI is InChI=1S/C14H11N5O2S2/c15-12(21)10-6-17-14(23-10)19-11(20)4-9-7-22-13(18-9)8-2-1-3-16-5-8/h1-3,5-7H,4H2,(H2,15,21)(H,17,19,20). The predicted molar refractivity (Wildman–Crippen MR) is 88.3 cm³/mol. The first kappa shape index (κ1) is 15.3. The van der Waals surface area contributed by atoms with Crippen LogP contribution < -0.4 is 11.1 Å². The van der Waals surface area contributed by atoms with Gasteiger partial charge in [-0.25, -0.2) is 9.97 Å². The number of pyridine rings is 1. The maximum Gasteiger partial charge on any atom is 0.260 e. The van der Waals surface area contributed by atoms with E-state index in [-0.39, 0.29) is 12.3 Å². The van der Waals surface area contributed by atoms with Gasteiger partial charge in [-0.2, -0.15) is 0 Å². The lowest BCUT2D eigenvalue weighted by Crippen LogP contribution is -2.14. The van der Waals surface area contributed by atoms with Crippen molar-refractivity contribution in [3.8, 4) is 10.6 Å². The first-order chi connectivity index (χ1) is 11.1. The fraction of sp³-hybridized carbons (Fsp3) is 0.0714. The van der Waals surface area contributed by atoms with E-state index in [1.807, 2.05) is 17.5 Å². The molecule has 7 nitrogen and oxygen atoms in total. The van der Waals surface area contributed by atoms with Crippen molar-refractivity contribution in [1.29, 1.82) is 0 Å². The highest BCUT2D eigenvalue weighted by Gasteiger charge is 2.12. The van der Waals surface area contributed by atoms with Crippen LogP contribution in [0.15, 0.2) is 36.1 Å². The highest BCUT2D eigenvalue weighted by molar-refractivity contribution is 7.17. The number of nitrogens with one attached hydrogen (secondary N) is 1. The van der Waals surface area contributed by atoms with Crippen LogP contribution >= 0.6 is 22.7 Å². The molecule has 3 N–H and O–H groups in total. The molecule has 0 saturated heterocycles. The summed E-state index contributed by atoms with van der Waals surface area (Å²) >= 11 is 2.49. The second kappa shape index (κ2) is 6.63. The van der Waals surface area contributed by atoms with Crippen LogP contribution in [0.2, 0.25) is 0 Å². The molecule has 116 valence electrons. The number of nitrogens with two attached hydrogens (primary N) is 1. The first-order valence-corrected chi connectivity index (χ1v) is 8.22. The normalized spacial score (nSPS) is 10.4. The van der Waals surface area contributed by atoms with E-state index >= 15 is 0 Å². The van der Waals surface area contributed by atoms with Crippen molar-refractivity contribution in [2.24, 2.45) is 5.73 Å². The monoisotopic (exact) mass is 345 g/mol. The van der Waals surface area contributed by atoms with Crippen molar-refractivity contribution < 1.29 is 9.59 Å². The molecule has 2 amide bonds. The molecule has 3 aromatic heterocycles. The Hall–Kier alpha value is -2.65. The van der Waals surface area contributed by atoms with Gasteiger partial charge >= 0.3 is 0 Å². The van der Waals surface area contributed by atoms with Crippen LogP contribution in [0.25, 0.3) is 10.6 Å². The number of anilines is 1. The zero-order valence-corrected chi connectivity index (χ0v) is 13.4. The number of nitrogens with zero attached hydrogens (tertiary/aromatic N) is 3. The highest BCUT2D eigenvalue weighted by Crippen LogP contribution is 2.23. The largest absolute Gasteiger partial charge is 0.365 e. The first-order valence-electron chi connectivity index (χ1n) is 6.52. The van der Waals surface area contributed by atoms with Crippen LogP contribution in [0.3, 0.4) is 0 Å². The summed E-state index contributed by atoms with van der Waals surface area (Å²) in [6.07, 6.45) is 4.89. The fourth-order valence-corrected chi connectivity index (χ4v) is 3.28. The SMILES string of the molecule is NC(=O)c1cnc(NC(=O)Cc2csc(-c3cccnc3)n2)s1. The van der Waals surface area contributed by atoms with Gasteiger partial charge in [-0.3, -0.25) is 14.6 Å². The van der Waals surface area contributed by atoms with Gasteiger partial charge in [0.05, 0.1) is 18.3 Å². The number of carbonyl (C=O) groups is 2. The number of primary amides is 1. The molecular formula is C14H11N5O2S2. The number of carbonyl (C=O) groups excluding carboxylic acids is 2. The summed E-state index contributed by atoms with van der Waals surface area (Å²) in [4.78, 5) is 35.7. The second-order valence-corrected chi connectivity index (χ2v) is 6.39. The minimum Gasteiger partial charge on any atom is -0.365 e. The molecule has 0 fully saturated rings. The maximum atomic E-state index is 12.0. The molecular weight excluding hydrogens is 334 g/mol. The molecule has 0 radical (unpaired) electrons. The van der Waals surface area contributed by atoms with Crippen molar-refractivity contribution >= 4 is 39.6 Å². The van der Waals surface area contributed by atoms with Gasteiger partial charge in [-0.15, -0.1) is 11.3 Å². The third-order valence-corrected chi connectivity index (χ3v) is 4.66. The summed E-state index contributed by atoms with van der Waals surface area (Å²) in [5.41, 5.74) is 6.72. The van der Waals surface area contributed by atoms with Gasteiger partial charge in [0.2, 0.25) is 5.91 Å². The van der Waals surface area contributed by atoms with Gasteiger partial charge in [0.1, 0.15) is 9.88 Å². The van der Waals surface area contributed by atoms with Crippen molar-refractivity contribution in [3.05, 3.63) is 46.7 Å². The molecule has 0 aliphatic carbocycles. The topological polar surface area (TPSA) is 111 Å². The van der Waals surface area contributed by atoms with Crippen LogP contribution in [0.5, 0.6) is 0 Å². The summed E-state index contributed by atoms with van der Waals surface area (Å²) < 4.78 is 0. The molecule has 0 aliphatic rings. The number of thiazole rings is 2. The van der Waals surface area contributed by atoms with Crippen molar-refractivity contribution in [3.63, 3.8) is 0 Å². The van der Waals surface area contributed by atoms with Crippen molar-refractivity contribution in [2.45, 2.75) is 6.42 Å². The summed E-state index contributed by atoms with van der Waals surface area (Å²) in [5.74, 6) is -0.818. The molecule has 9 heteroatoms. The lowest BCUT2D eigenvalue weighted by Gasteiger charge is -1.99. The van der Waals surface area contributed by atoms with E-state index in [4.69, 9.17) is 5.73 Å². The number of rotatable bonds is 5. The average molecular weight is 345 g/mol. The smallest absolute Gasteiger partial charge is 0.260 e. The van der Waals surface area contributed by atoms with Gasteiger partial charge in [0.15, 0.2) is 5.13 Å². The predicted octanol–water partition coefficient (Wildman–Crippen LogP) is 1.94. The second-order valence-electron chi connectivity index (χ2n) is 4.50. The van der Waals surface area contributed by atoms with Crippen LogP contribution in [0.1, 0.15) is 15.4 Å². The summed E-state index contributed by atoms with van der Waals surface area (Å²) in [5, 5.41) is 5.61. The summed E-state index contributed by atoms with van der Waals surface area (Å²) in [7, 11) is 0. The zero-order chi connectivity index (χ0) is 16.2. The lowest BCUT2D eigenvalue weighted by molar-refractivity contribution is -0.115. The summed E-state index contributed by atoms with van der Waals surface area (Å²) in [6.45, 7) is 0. The van der Waals surface area contributed by atoms with Gasteiger partial charge in [-0.1, -0.05) is 11.3 Å². The van der Waals surface area contributed by atoms with E-state index in [0.29, 0.717) is 15.7 Å². The number of hydrogen-bond donors (Lipinski definition) is 2. The Morgan fingerprint density at radius 2 is 2.17 bits per heavy atom. The van der Waals surface area contributed by atoms with Crippen molar-refractivity contribution in [1.82, 2.24) is 15.0 Å². The molecule has 23 heavy (non-hydrogen) atoms. The van der Waals surface area contributed by atoms with Crippen LogP contribution in [-0.4, -0.2) is 26.8 Å². The fourth-order valence-electron chi connectivity index (χ4n) is 1.78. The molecule has 0 saturated carbocycles. The zero-order valence-electron chi connectivity index (χ0n) is 11.7. The van der Waals surface area contributed by atoms with E-state index in [1.54, 1.807) is 12.4 Å².